The van der Waals surface area contributed by atoms with Gasteiger partial charge in [0.05, 0.1) is 0 Å². The molecule has 0 amide bonds. The number of benzene rings is 2. The summed E-state index contributed by atoms with van der Waals surface area (Å²) in [6.45, 7) is 2.50. The molecule has 0 atom stereocenters. The quantitative estimate of drug-likeness (QED) is 0.759. The molecule has 2 heteroatoms. The van der Waals surface area contributed by atoms with Gasteiger partial charge in [0.2, 0.25) is 0 Å². The third-order valence-electron chi connectivity index (χ3n) is 2.28. The van der Waals surface area contributed by atoms with Gasteiger partial charge in [0, 0.05) is 6.07 Å². The van der Waals surface area contributed by atoms with E-state index in [-0.39, 0.29) is 5.82 Å². The van der Waals surface area contributed by atoms with Gasteiger partial charge in [-0.15, -0.1) is 0 Å². The van der Waals surface area contributed by atoms with E-state index in [1.165, 1.54) is 17.7 Å². The number of hydrogen-bond acceptors (Lipinski definition) is 1. The van der Waals surface area contributed by atoms with Crippen molar-refractivity contribution >= 4 is 0 Å². The zero-order chi connectivity index (χ0) is 11.4. The Hall–Kier alpha value is -1.83. The number of halogens is 1. The highest BCUT2D eigenvalue weighted by Gasteiger charge is 1.97. The van der Waals surface area contributed by atoms with Gasteiger partial charge in [-0.25, -0.2) is 4.39 Å². The highest BCUT2D eigenvalue weighted by atomic mass is 19.1. The Kier molecular flexibility index (Phi) is 3.20. The van der Waals surface area contributed by atoms with E-state index in [1.54, 1.807) is 12.1 Å². The van der Waals surface area contributed by atoms with Crippen LogP contribution in [0, 0.1) is 12.7 Å². The van der Waals surface area contributed by atoms with Crippen LogP contribution in [0.15, 0.2) is 48.5 Å². The van der Waals surface area contributed by atoms with Crippen molar-refractivity contribution in [3.63, 3.8) is 0 Å². The first-order valence-electron chi connectivity index (χ1n) is 5.18. The van der Waals surface area contributed by atoms with E-state index in [1.807, 2.05) is 25.1 Å². The molecule has 0 unspecified atom stereocenters. The first kappa shape index (κ1) is 10.7. The van der Waals surface area contributed by atoms with Gasteiger partial charge in [0.1, 0.15) is 18.2 Å². The molecular formula is C14H13FO. The molecule has 0 bridgehead atoms. The first-order chi connectivity index (χ1) is 7.74. The van der Waals surface area contributed by atoms with Crippen LogP contribution in [-0.2, 0) is 6.61 Å². The summed E-state index contributed by atoms with van der Waals surface area (Å²) in [5.41, 5.74) is 2.28. The van der Waals surface area contributed by atoms with E-state index < -0.39 is 0 Å². The van der Waals surface area contributed by atoms with Gasteiger partial charge in [-0.2, -0.15) is 0 Å². The molecule has 0 aliphatic rings. The van der Waals surface area contributed by atoms with Crippen molar-refractivity contribution in [1.82, 2.24) is 0 Å². The summed E-state index contributed by atoms with van der Waals surface area (Å²) >= 11 is 0. The fraction of sp³-hybridized carbons (Fsp3) is 0.143. The molecule has 0 fully saturated rings. The Morgan fingerprint density at radius 2 is 1.88 bits per heavy atom. The Morgan fingerprint density at radius 1 is 1.06 bits per heavy atom. The van der Waals surface area contributed by atoms with Crippen LogP contribution in [0.2, 0.25) is 0 Å². The lowest BCUT2D eigenvalue weighted by Crippen LogP contribution is -1.95. The van der Waals surface area contributed by atoms with E-state index in [4.69, 9.17) is 4.74 Å². The number of hydrogen-bond donors (Lipinski definition) is 0. The molecule has 0 spiro atoms. The van der Waals surface area contributed by atoms with Crippen LogP contribution in [0.4, 0.5) is 4.39 Å². The van der Waals surface area contributed by atoms with E-state index in [0.29, 0.717) is 12.4 Å². The van der Waals surface area contributed by atoms with Gasteiger partial charge in [-0.05, 0) is 24.6 Å². The molecule has 16 heavy (non-hydrogen) atoms. The molecule has 0 radical (unpaired) electrons. The van der Waals surface area contributed by atoms with E-state index in [9.17, 15) is 4.39 Å². The highest BCUT2D eigenvalue weighted by molar-refractivity contribution is 5.25. The van der Waals surface area contributed by atoms with E-state index in [0.717, 1.165) is 5.56 Å². The van der Waals surface area contributed by atoms with Crippen LogP contribution in [0.5, 0.6) is 5.75 Å². The van der Waals surface area contributed by atoms with Gasteiger partial charge in [-0.3, -0.25) is 0 Å². The Morgan fingerprint density at radius 3 is 2.62 bits per heavy atom. The SMILES string of the molecule is Cc1cccc(COc2cccc(F)c2)c1. The molecule has 0 aliphatic carbocycles. The Balaban J connectivity index is 2.02. The molecule has 82 valence electrons. The Bertz CT molecular complexity index is 434. The average Bonchev–Trinajstić information content (AvgIpc) is 2.27. The normalized spacial score (nSPS) is 10.1. The third kappa shape index (κ3) is 2.83. The molecule has 2 aromatic rings. The van der Waals surface area contributed by atoms with Crippen molar-refractivity contribution in [2.24, 2.45) is 0 Å². The molecule has 0 saturated carbocycles. The second-order valence-corrected chi connectivity index (χ2v) is 3.74. The second-order valence-electron chi connectivity index (χ2n) is 3.74. The molecule has 0 saturated heterocycles. The van der Waals surface area contributed by atoms with Crippen LogP contribution >= 0.6 is 0 Å². The molecular weight excluding hydrogens is 203 g/mol. The van der Waals surface area contributed by atoms with Crippen LogP contribution < -0.4 is 4.74 Å². The topological polar surface area (TPSA) is 9.23 Å². The molecule has 0 heterocycles. The maximum absolute atomic E-state index is 12.9. The summed E-state index contributed by atoms with van der Waals surface area (Å²) in [4.78, 5) is 0. The summed E-state index contributed by atoms with van der Waals surface area (Å²) in [5, 5.41) is 0. The number of rotatable bonds is 3. The zero-order valence-corrected chi connectivity index (χ0v) is 9.11. The molecule has 2 rings (SSSR count). The maximum Gasteiger partial charge on any atom is 0.126 e. The predicted octanol–water partition coefficient (Wildman–Crippen LogP) is 3.71. The van der Waals surface area contributed by atoms with Gasteiger partial charge in [0.25, 0.3) is 0 Å². The lowest BCUT2D eigenvalue weighted by molar-refractivity contribution is 0.304. The minimum Gasteiger partial charge on any atom is -0.489 e. The van der Waals surface area contributed by atoms with Crippen molar-refractivity contribution < 1.29 is 9.13 Å². The smallest absolute Gasteiger partial charge is 0.126 e. The lowest BCUT2D eigenvalue weighted by Gasteiger charge is -2.06. The summed E-state index contributed by atoms with van der Waals surface area (Å²) < 4.78 is 18.4. The van der Waals surface area contributed by atoms with Gasteiger partial charge in [0.15, 0.2) is 0 Å². The summed E-state index contributed by atoms with van der Waals surface area (Å²) in [6, 6.07) is 14.2. The largest absolute Gasteiger partial charge is 0.489 e. The van der Waals surface area contributed by atoms with Crippen molar-refractivity contribution in [3.05, 3.63) is 65.5 Å². The van der Waals surface area contributed by atoms with Crippen LogP contribution in [-0.4, -0.2) is 0 Å². The average molecular weight is 216 g/mol. The minimum absolute atomic E-state index is 0.276. The standard InChI is InChI=1S/C14H13FO/c1-11-4-2-5-12(8-11)10-16-14-7-3-6-13(15)9-14/h2-9H,10H2,1H3. The fourth-order valence-corrected chi connectivity index (χ4v) is 1.53. The fourth-order valence-electron chi connectivity index (χ4n) is 1.53. The zero-order valence-electron chi connectivity index (χ0n) is 9.11. The summed E-state index contributed by atoms with van der Waals surface area (Å²) in [7, 11) is 0. The van der Waals surface area contributed by atoms with E-state index in [2.05, 4.69) is 6.07 Å². The number of ether oxygens (including phenoxy) is 1. The van der Waals surface area contributed by atoms with Crippen LogP contribution in [0.1, 0.15) is 11.1 Å². The van der Waals surface area contributed by atoms with Crippen molar-refractivity contribution in [1.29, 1.82) is 0 Å². The van der Waals surface area contributed by atoms with Crippen molar-refractivity contribution in [2.45, 2.75) is 13.5 Å². The summed E-state index contributed by atoms with van der Waals surface area (Å²) in [5.74, 6) is 0.281. The maximum atomic E-state index is 12.9. The van der Waals surface area contributed by atoms with Gasteiger partial charge >= 0.3 is 0 Å². The molecule has 0 aromatic heterocycles. The summed E-state index contributed by atoms with van der Waals surface area (Å²) in [6.07, 6.45) is 0. The molecule has 0 aliphatic heterocycles. The van der Waals surface area contributed by atoms with Crippen molar-refractivity contribution in [3.8, 4) is 5.75 Å². The Labute approximate surface area is 94.5 Å². The molecule has 0 N–H and O–H groups in total. The minimum atomic E-state index is -0.276. The highest BCUT2D eigenvalue weighted by Crippen LogP contribution is 2.14. The lowest BCUT2D eigenvalue weighted by atomic mass is 10.1. The van der Waals surface area contributed by atoms with Crippen molar-refractivity contribution in [2.75, 3.05) is 0 Å². The van der Waals surface area contributed by atoms with Gasteiger partial charge < -0.3 is 4.74 Å². The first-order valence-corrected chi connectivity index (χ1v) is 5.18. The second kappa shape index (κ2) is 4.79. The van der Waals surface area contributed by atoms with Crippen LogP contribution in [0.25, 0.3) is 0 Å². The predicted molar refractivity (Wildman–Crippen MR) is 61.9 cm³/mol. The van der Waals surface area contributed by atoms with E-state index >= 15 is 0 Å². The molecule has 2 aromatic carbocycles. The van der Waals surface area contributed by atoms with Gasteiger partial charge in [-0.1, -0.05) is 35.9 Å². The monoisotopic (exact) mass is 216 g/mol. The third-order valence-corrected chi connectivity index (χ3v) is 2.28. The van der Waals surface area contributed by atoms with Crippen LogP contribution in [0.3, 0.4) is 0 Å². The number of aryl methyl sites for hydroxylation is 1. The molecule has 1 nitrogen and oxygen atoms in total.